The van der Waals surface area contributed by atoms with Crippen LogP contribution >= 0.6 is 15.9 Å². The Morgan fingerprint density at radius 3 is 2.68 bits per heavy atom. The number of carboxylic acid groups (broad SMARTS) is 1. The predicted octanol–water partition coefficient (Wildman–Crippen LogP) is 2.33. The lowest BCUT2D eigenvalue weighted by Crippen LogP contribution is -2.23. The molecule has 0 spiro atoms. The van der Waals surface area contributed by atoms with Crippen molar-refractivity contribution in [2.75, 3.05) is 4.90 Å². The number of benzene rings is 2. The standard InChI is InChI=1S/C15H12BrNO2/c16-13-5-4-11-8-17(9-12(11)6-13)14-3-1-2-10(7-14)15(18)19/h1-7H,8-9H2,(H,18,19)/p-1. The molecule has 1 aliphatic heterocycles. The Labute approximate surface area is 119 Å². The fourth-order valence-electron chi connectivity index (χ4n) is 2.38. The van der Waals surface area contributed by atoms with Crippen molar-refractivity contribution >= 4 is 27.6 Å². The zero-order valence-electron chi connectivity index (χ0n) is 10.1. The Hall–Kier alpha value is -1.81. The molecule has 2 aromatic rings. The SMILES string of the molecule is O=C([O-])c1cccc(N2Cc3ccc(Br)cc3C2)c1. The van der Waals surface area contributed by atoms with E-state index in [1.807, 2.05) is 12.1 Å². The zero-order chi connectivity index (χ0) is 13.4. The number of hydrogen-bond acceptors (Lipinski definition) is 3. The van der Waals surface area contributed by atoms with Gasteiger partial charge in [-0.3, -0.25) is 0 Å². The van der Waals surface area contributed by atoms with Crippen LogP contribution in [-0.4, -0.2) is 5.97 Å². The second kappa shape index (κ2) is 4.70. The van der Waals surface area contributed by atoms with Crippen LogP contribution < -0.4 is 10.0 Å². The van der Waals surface area contributed by atoms with Crippen LogP contribution in [0.25, 0.3) is 0 Å². The lowest BCUT2D eigenvalue weighted by Gasteiger charge is -2.18. The summed E-state index contributed by atoms with van der Waals surface area (Å²) in [5, 5.41) is 10.9. The molecule has 0 N–H and O–H groups in total. The van der Waals surface area contributed by atoms with Crippen molar-refractivity contribution in [2.24, 2.45) is 0 Å². The maximum Gasteiger partial charge on any atom is 0.0716 e. The average Bonchev–Trinajstić information content (AvgIpc) is 2.81. The van der Waals surface area contributed by atoms with E-state index >= 15 is 0 Å². The average molecular weight is 317 g/mol. The molecule has 0 saturated heterocycles. The maximum atomic E-state index is 10.9. The smallest absolute Gasteiger partial charge is 0.0716 e. The minimum Gasteiger partial charge on any atom is -0.545 e. The van der Waals surface area contributed by atoms with Gasteiger partial charge >= 0.3 is 0 Å². The van der Waals surface area contributed by atoms with Gasteiger partial charge in [0, 0.05) is 23.2 Å². The molecular formula is C15H11BrNO2-. The van der Waals surface area contributed by atoms with E-state index in [-0.39, 0.29) is 5.56 Å². The molecule has 19 heavy (non-hydrogen) atoms. The van der Waals surface area contributed by atoms with E-state index in [0.29, 0.717) is 0 Å². The number of carbonyl (C=O) groups excluding carboxylic acids is 1. The van der Waals surface area contributed by atoms with Gasteiger partial charge in [-0.05, 0) is 41.0 Å². The molecule has 0 amide bonds. The number of anilines is 1. The molecule has 1 aliphatic rings. The van der Waals surface area contributed by atoms with Gasteiger partial charge in [0.2, 0.25) is 0 Å². The van der Waals surface area contributed by atoms with Crippen LogP contribution in [0.1, 0.15) is 21.5 Å². The van der Waals surface area contributed by atoms with Gasteiger partial charge in [0.05, 0.1) is 5.97 Å². The number of rotatable bonds is 2. The Kier molecular flexibility index (Phi) is 3.03. The fourth-order valence-corrected chi connectivity index (χ4v) is 2.78. The van der Waals surface area contributed by atoms with E-state index in [1.54, 1.807) is 18.2 Å². The Morgan fingerprint density at radius 2 is 1.89 bits per heavy atom. The van der Waals surface area contributed by atoms with Crippen molar-refractivity contribution in [1.29, 1.82) is 0 Å². The maximum absolute atomic E-state index is 10.9. The third kappa shape index (κ3) is 2.36. The number of hydrogen-bond donors (Lipinski definition) is 0. The number of halogens is 1. The third-order valence-corrected chi connectivity index (χ3v) is 3.83. The van der Waals surface area contributed by atoms with Crippen LogP contribution in [0.5, 0.6) is 0 Å². The van der Waals surface area contributed by atoms with Crippen molar-refractivity contribution in [1.82, 2.24) is 0 Å². The summed E-state index contributed by atoms with van der Waals surface area (Å²) in [6, 6.07) is 13.1. The first-order chi connectivity index (χ1) is 9.13. The molecule has 4 heteroatoms. The van der Waals surface area contributed by atoms with Gasteiger partial charge in [0.15, 0.2) is 0 Å². The van der Waals surface area contributed by atoms with E-state index in [9.17, 15) is 9.90 Å². The highest BCUT2D eigenvalue weighted by Gasteiger charge is 2.19. The first-order valence-corrected chi connectivity index (χ1v) is 6.76. The van der Waals surface area contributed by atoms with Gasteiger partial charge in [0.25, 0.3) is 0 Å². The quantitative estimate of drug-likeness (QED) is 0.854. The van der Waals surface area contributed by atoms with E-state index in [1.165, 1.54) is 11.1 Å². The molecule has 0 bridgehead atoms. The lowest BCUT2D eigenvalue weighted by molar-refractivity contribution is -0.255. The molecule has 1 heterocycles. The van der Waals surface area contributed by atoms with E-state index < -0.39 is 5.97 Å². The molecular weight excluding hydrogens is 306 g/mol. The summed E-state index contributed by atoms with van der Waals surface area (Å²) >= 11 is 3.47. The van der Waals surface area contributed by atoms with E-state index in [0.717, 1.165) is 23.2 Å². The topological polar surface area (TPSA) is 43.4 Å². The van der Waals surface area contributed by atoms with Gasteiger partial charge < -0.3 is 14.8 Å². The van der Waals surface area contributed by atoms with E-state index in [4.69, 9.17) is 0 Å². The number of carboxylic acids is 1. The number of fused-ring (bicyclic) bond motifs is 1. The summed E-state index contributed by atoms with van der Waals surface area (Å²) in [7, 11) is 0. The molecule has 2 aromatic carbocycles. The predicted molar refractivity (Wildman–Crippen MR) is 74.8 cm³/mol. The Bertz CT molecular complexity index is 654. The monoisotopic (exact) mass is 316 g/mol. The summed E-state index contributed by atoms with van der Waals surface area (Å²) in [5.41, 5.74) is 3.68. The first-order valence-electron chi connectivity index (χ1n) is 5.97. The molecule has 0 atom stereocenters. The molecule has 0 fully saturated rings. The third-order valence-electron chi connectivity index (χ3n) is 3.34. The van der Waals surface area contributed by atoms with E-state index in [2.05, 4.69) is 33.0 Å². The summed E-state index contributed by atoms with van der Waals surface area (Å²) in [6.07, 6.45) is 0. The van der Waals surface area contributed by atoms with Gasteiger partial charge in [-0.15, -0.1) is 0 Å². The van der Waals surface area contributed by atoms with Crippen molar-refractivity contribution in [2.45, 2.75) is 13.1 Å². The van der Waals surface area contributed by atoms with Crippen molar-refractivity contribution < 1.29 is 9.90 Å². The van der Waals surface area contributed by atoms with Gasteiger partial charge in [0.1, 0.15) is 0 Å². The Morgan fingerprint density at radius 1 is 1.11 bits per heavy atom. The summed E-state index contributed by atoms with van der Waals surface area (Å²) in [5.74, 6) is -1.14. The first kappa shape index (κ1) is 12.2. The van der Waals surface area contributed by atoms with Crippen LogP contribution in [0.4, 0.5) is 5.69 Å². The fraction of sp³-hybridized carbons (Fsp3) is 0.133. The van der Waals surface area contributed by atoms with Crippen molar-refractivity contribution in [3.63, 3.8) is 0 Å². The number of carbonyl (C=O) groups is 1. The lowest BCUT2D eigenvalue weighted by atomic mass is 10.1. The van der Waals surface area contributed by atoms with Gasteiger partial charge in [-0.1, -0.05) is 34.1 Å². The molecule has 0 unspecified atom stereocenters. The van der Waals surface area contributed by atoms with Crippen LogP contribution in [-0.2, 0) is 13.1 Å². The molecule has 3 rings (SSSR count). The molecule has 3 nitrogen and oxygen atoms in total. The second-order valence-corrected chi connectivity index (χ2v) is 5.52. The minimum absolute atomic E-state index is 0.217. The highest BCUT2D eigenvalue weighted by Crippen LogP contribution is 2.30. The second-order valence-electron chi connectivity index (χ2n) is 4.61. The molecule has 0 aromatic heterocycles. The Balaban J connectivity index is 1.90. The summed E-state index contributed by atoms with van der Waals surface area (Å²) in [4.78, 5) is 13.1. The van der Waals surface area contributed by atoms with Gasteiger partial charge in [-0.25, -0.2) is 0 Å². The molecule has 96 valence electrons. The largest absolute Gasteiger partial charge is 0.545 e. The van der Waals surface area contributed by atoms with Crippen LogP contribution in [0.15, 0.2) is 46.9 Å². The highest BCUT2D eigenvalue weighted by molar-refractivity contribution is 9.10. The molecule has 0 saturated carbocycles. The summed E-state index contributed by atoms with van der Waals surface area (Å²) in [6.45, 7) is 1.60. The molecule has 0 radical (unpaired) electrons. The summed E-state index contributed by atoms with van der Waals surface area (Å²) < 4.78 is 1.07. The highest BCUT2D eigenvalue weighted by atomic mass is 79.9. The van der Waals surface area contributed by atoms with Crippen molar-refractivity contribution in [3.8, 4) is 0 Å². The number of nitrogens with zero attached hydrogens (tertiary/aromatic N) is 1. The van der Waals surface area contributed by atoms with Crippen LogP contribution in [0.2, 0.25) is 0 Å². The van der Waals surface area contributed by atoms with Crippen LogP contribution in [0, 0.1) is 0 Å². The normalized spacial score (nSPS) is 13.4. The minimum atomic E-state index is -1.14. The van der Waals surface area contributed by atoms with Gasteiger partial charge in [-0.2, -0.15) is 0 Å². The number of aromatic carboxylic acids is 1. The van der Waals surface area contributed by atoms with Crippen molar-refractivity contribution in [3.05, 3.63) is 63.6 Å². The zero-order valence-corrected chi connectivity index (χ0v) is 11.7. The molecule has 0 aliphatic carbocycles. The van der Waals surface area contributed by atoms with Crippen LogP contribution in [0.3, 0.4) is 0 Å².